The molecular formula is C24H22ClF3N4O. The molecule has 1 aromatic heterocycles. The van der Waals surface area contributed by atoms with E-state index in [4.69, 9.17) is 11.6 Å². The molecule has 1 aliphatic rings. The van der Waals surface area contributed by atoms with Crippen molar-refractivity contribution >= 4 is 40.5 Å². The number of anilines is 4. The average Bonchev–Trinajstić information content (AvgIpc) is 2.69. The van der Waals surface area contributed by atoms with Crippen LogP contribution in [0.15, 0.2) is 42.5 Å². The van der Waals surface area contributed by atoms with E-state index in [0.29, 0.717) is 40.6 Å². The molecule has 0 fully saturated rings. The van der Waals surface area contributed by atoms with E-state index in [1.54, 1.807) is 12.1 Å². The number of Topliss-reactive ketones (excluding diaryl/α,β-unsaturated/α-hetero) is 1. The molecule has 33 heavy (non-hydrogen) atoms. The summed E-state index contributed by atoms with van der Waals surface area (Å²) in [5.74, 6) is 0.301. The highest BCUT2D eigenvalue weighted by molar-refractivity contribution is 6.31. The monoisotopic (exact) mass is 474 g/mol. The lowest BCUT2D eigenvalue weighted by Crippen LogP contribution is -2.29. The number of nitrogens with one attached hydrogen (secondary N) is 2. The van der Waals surface area contributed by atoms with Gasteiger partial charge in [0.2, 0.25) is 5.95 Å². The molecule has 172 valence electrons. The van der Waals surface area contributed by atoms with Gasteiger partial charge in [0.05, 0.1) is 16.8 Å². The second kappa shape index (κ2) is 8.33. The van der Waals surface area contributed by atoms with Crippen molar-refractivity contribution in [2.75, 3.05) is 10.6 Å². The van der Waals surface area contributed by atoms with Crippen LogP contribution in [0, 0.1) is 12.3 Å². The van der Waals surface area contributed by atoms with Crippen LogP contribution in [0.2, 0.25) is 5.02 Å². The standard InChI is InChI=1S/C24H22ClF3N4O/c1-13-16(25)8-5-9-17(13)30-21-20-18(11-23(2,3)12-19(20)33)31-22(32-21)29-15-7-4-6-14(10-15)24(26,27)28/h4-10H,11-12H2,1-3H3,(H2,29,30,31,32). The lowest BCUT2D eigenvalue weighted by molar-refractivity contribution is -0.137. The number of carbonyl (C=O) groups is 1. The fraction of sp³-hybridized carbons (Fsp3) is 0.292. The summed E-state index contributed by atoms with van der Waals surface area (Å²) in [6, 6.07) is 10.1. The molecular weight excluding hydrogens is 453 g/mol. The predicted octanol–water partition coefficient (Wildman–Crippen LogP) is 7.10. The van der Waals surface area contributed by atoms with Crippen LogP contribution in [0.1, 0.15) is 47.4 Å². The van der Waals surface area contributed by atoms with E-state index < -0.39 is 11.7 Å². The van der Waals surface area contributed by atoms with Crippen molar-refractivity contribution in [3.05, 3.63) is 69.9 Å². The van der Waals surface area contributed by atoms with Gasteiger partial charge in [0.15, 0.2) is 5.78 Å². The smallest absolute Gasteiger partial charge is 0.339 e. The Morgan fingerprint density at radius 3 is 2.48 bits per heavy atom. The van der Waals surface area contributed by atoms with Gasteiger partial charge in [-0.1, -0.05) is 37.6 Å². The summed E-state index contributed by atoms with van der Waals surface area (Å²) in [5.41, 5.74) is 1.50. The molecule has 0 radical (unpaired) electrons. The molecule has 0 saturated carbocycles. The third-order valence-corrected chi connectivity index (χ3v) is 5.92. The van der Waals surface area contributed by atoms with Crippen LogP contribution in [0.5, 0.6) is 0 Å². The number of benzene rings is 2. The minimum atomic E-state index is -4.47. The maximum Gasteiger partial charge on any atom is 0.416 e. The minimum absolute atomic E-state index is 0.0888. The second-order valence-corrected chi connectivity index (χ2v) is 9.31. The Bertz CT molecular complexity index is 1240. The number of alkyl halides is 3. The zero-order valence-corrected chi connectivity index (χ0v) is 19.0. The van der Waals surface area contributed by atoms with Crippen LogP contribution < -0.4 is 10.6 Å². The maximum absolute atomic E-state index is 13.1. The quantitative estimate of drug-likeness (QED) is 0.422. The van der Waals surface area contributed by atoms with Crippen molar-refractivity contribution in [1.82, 2.24) is 9.97 Å². The number of rotatable bonds is 4. The normalized spacial score (nSPS) is 15.2. The van der Waals surface area contributed by atoms with Gasteiger partial charge in [-0.3, -0.25) is 4.79 Å². The largest absolute Gasteiger partial charge is 0.416 e. The van der Waals surface area contributed by atoms with Crippen molar-refractivity contribution in [2.24, 2.45) is 5.41 Å². The highest BCUT2D eigenvalue weighted by Gasteiger charge is 2.35. The average molecular weight is 475 g/mol. The van der Waals surface area contributed by atoms with Crippen molar-refractivity contribution in [1.29, 1.82) is 0 Å². The molecule has 5 nitrogen and oxygen atoms in total. The Kier molecular flexibility index (Phi) is 5.82. The summed E-state index contributed by atoms with van der Waals surface area (Å²) in [7, 11) is 0. The molecule has 0 unspecified atom stereocenters. The van der Waals surface area contributed by atoms with E-state index in [1.807, 2.05) is 26.8 Å². The lowest BCUT2D eigenvalue weighted by Gasteiger charge is -2.30. The molecule has 2 aromatic carbocycles. The van der Waals surface area contributed by atoms with Crippen molar-refractivity contribution in [3.8, 4) is 0 Å². The molecule has 0 atom stereocenters. The van der Waals surface area contributed by atoms with Gasteiger partial charge in [0.25, 0.3) is 0 Å². The van der Waals surface area contributed by atoms with Crippen LogP contribution >= 0.6 is 11.6 Å². The number of fused-ring (bicyclic) bond motifs is 1. The molecule has 0 bridgehead atoms. The summed E-state index contributed by atoms with van der Waals surface area (Å²) in [6.07, 6.45) is -3.61. The fourth-order valence-electron chi connectivity index (χ4n) is 3.89. The number of aromatic nitrogens is 2. The van der Waals surface area contributed by atoms with Gasteiger partial charge >= 0.3 is 6.18 Å². The molecule has 0 saturated heterocycles. The van der Waals surface area contributed by atoms with Crippen LogP contribution in [-0.4, -0.2) is 15.8 Å². The van der Waals surface area contributed by atoms with E-state index in [2.05, 4.69) is 20.6 Å². The van der Waals surface area contributed by atoms with Crippen LogP contribution in [-0.2, 0) is 12.6 Å². The Morgan fingerprint density at radius 2 is 1.76 bits per heavy atom. The molecule has 0 amide bonds. The first-order valence-corrected chi connectivity index (χ1v) is 10.7. The molecule has 4 rings (SSSR count). The summed E-state index contributed by atoms with van der Waals surface area (Å²) in [4.78, 5) is 22.0. The van der Waals surface area contributed by atoms with Crippen LogP contribution in [0.3, 0.4) is 0 Å². The molecule has 1 heterocycles. The fourth-order valence-corrected chi connectivity index (χ4v) is 4.06. The predicted molar refractivity (Wildman–Crippen MR) is 123 cm³/mol. The first-order chi connectivity index (χ1) is 15.4. The third-order valence-electron chi connectivity index (χ3n) is 5.51. The van der Waals surface area contributed by atoms with Gasteiger partial charge in [0, 0.05) is 22.8 Å². The number of ketones is 1. The van der Waals surface area contributed by atoms with E-state index in [1.165, 1.54) is 12.1 Å². The molecule has 3 aromatic rings. The lowest BCUT2D eigenvalue weighted by atomic mass is 9.75. The first kappa shape index (κ1) is 23.0. The van der Waals surface area contributed by atoms with Crippen LogP contribution in [0.25, 0.3) is 0 Å². The van der Waals surface area contributed by atoms with Gasteiger partial charge < -0.3 is 10.6 Å². The van der Waals surface area contributed by atoms with E-state index in [0.717, 1.165) is 17.7 Å². The second-order valence-electron chi connectivity index (χ2n) is 8.90. The minimum Gasteiger partial charge on any atom is -0.339 e. The van der Waals surface area contributed by atoms with Gasteiger partial charge in [-0.2, -0.15) is 18.2 Å². The summed E-state index contributed by atoms with van der Waals surface area (Å²) in [5, 5.41) is 6.60. The van der Waals surface area contributed by atoms with Gasteiger partial charge in [0.1, 0.15) is 5.82 Å². The first-order valence-electron chi connectivity index (χ1n) is 10.3. The topological polar surface area (TPSA) is 66.9 Å². The van der Waals surface area contributed by atoms with Gasteiger partial charge in [-0.15, -0.1) is 0 Å². The SMILES string of the molecule is Cc1c(Cl)cccc1Nc1nc(Nc2cccc(C(F)(F)F)c2)nc2c1C(=O)CC(C)(C)C2. The summed E-state index contributed by atoms with van der Waals surface area (Å²) < 4.78 is 39.4. The summed E-state index contributed by atoms with van der Waals surface area (Å²) in [6.45, 7) is 5.79. The third kappa shape index (κ3) is 4.95. The summed E-state index contributed by atoms with van der Waals surface area (Å²) >= 11 is 6.24. The molecule has 9 heteroatoms. The number of halogens is 4. The molecule has 0 spiro atoms. The molecule has 2 N–H and O–H groups in total. The number of hydrogen-bond donors (Lipinski definition) is 2. The van der Waals surface area contributed by atoms with E-state index in [9.17, 15) is 18.0 Å². The molecule has 1 aliphatic carbocycles. The molecule has 0 aliphatic heterocycles. The van der Waals surface area contributed by atoms with E-state index >= 15 is 0 Å². The zero-order valence-electron chi connectivity index (χ0n) is 18.3. The number of carbonyl (C=O) groups excluding carboxylic acids is 1. The van der Waals surface area contributed by atoms with E-state index in [-0.39, 0.29) is 22.8 Å². The van der Waals surface area contributed by atoms with Gasteiger partial charge in [-0.05, 0) is 54.7 Å². The number of nitrogens with zero attached hydrogens (tertiary/aromatic N) is 2. The van der Waals surface area contributed by atoms with Crippen LogP contribution in [0.4, 0.5) is 36.3 Å². The maximum atomic E-state index is 13.1. The van der Waals surface area contributed by atoms with Crippen molar-refractivity contribution < 1.29 is 18.0 Å². The van der Waals surface area contributed by atoms with Gasteiger partial charge in [-0.25, -0.2) is 4.98 Å². The Balaban J connectivity index is 1.78. The Labute approximate surface area is 194 Å². The zero-order chi connectivity index (χ0) is 24.0. The Hall–Kier alpha value is -3.13. The highest BCUT2D eigenvalue weighted by Crippen LogP contribution is 2.39. The number of hydrogen-bond acceptors (Lipinski definition) is 5. The highest BCUT2D eigenvalue weighted by atomic mass is 35.5. The van der Waals surface area contributed by atoms with Crippen molar-refractivity contribution in [3.63, 3.8) is 0 Å². The Morgan fingerprint density at radius 1 is 1.03 bits per heavy atom. The van der Waals surface area contributed by atoms with Crippen molar-refractivity contribution in [2.45, 2.75) is 39.8 Å².